The van der Waals surface area contributed by atoms with Gasteiger partial charge < -0.3 is 39.0 Å². The molecule has 4 rings (SSSR count). The number of oxazole rings is 2. The lowest BCUT2D eigenvalue weighted by molar-refractivity contribution is -0.117. The van der Waals surface area contributed by atoms with Crippen molar-refractivity contribution in [2.24, 2.45) is 37.9 Å². The topological polar surface area (TPSA) is 276 Å². The Kier molecular flexibility index (Phi) is 38.0. The number of allylic oxidation sites excluding steroid dienone is 8. The fourth-order valence-electron chi connectivity index (χ4n) is 6.87. The number of fused-ring (bicyclic) bond motifs is 2. The van der Waals surface area contributed by atoms with Gasteiger partial charge in [-0.1, -0.05) is 224 Å². The number of ether oxygens (including phenoxy) is 3. The molecule has 20 heteroatoms. The van der Waals surface area contributed by atoms with Crippen LogP contribution in [0.1, 0.15) is 163 Å². The molecule has 17 nitrogen and oxygen atoms in total. The predicted molar refractivity (Wildman–Crippen MR) is 388 cm³/mol. The first-order chi connectivity index (χ1) is 42.6. The summed E-state index contributed by atoms with van der Waals surface area (Å²) < 4.78 is 25.7. The van der Waals surface area contributed by atoms with E-state index in [1.165, 1.54) is 7.11 Å². The molecule has 4 aromatic rings. The van der Waals surface area contributed by atoms with Crippen LogP contribution in [0.5, 0.6) is 0 Å². The van der Waals surface area contributed by atoms with Crippen molar-refractivity contribution < 1.29 is 27.8 Å². The maximum atomic E-state index is 11.5. The number of benzene rings is 2. The third kappa shape index (κ3) is 41.8. The monoisotopic (exact) mass is 1320 g/mol. The van der Waals surface area contributed by atoms with Crippen molar-refractivity contribution in [1.29, 1.82) is 31.6 Å². The van der Waals surface area contributed by atoms with Crippen molar-refractivity contribution in [3.63, 3.8) is 0 Å². The van der Waals surface area contributed by atoms with Gasteiger partial charge in [0.2, 0.25) is 16.8 Å². The number of carbonyl (C=O) groups excluding carboxylic acids is 1. The van der Waals surface area contributed by atoms with Crippen LogP contribution in [-0.4, -0.2) is 85.1 Å². The summed E-state index contributed by atoms with van der Waals surface area (Å²) in [5.74, 6) is 0.445. The van der Waals surface area contributed by atoms with Gasteiger partial charge in [-0.3, -0.25) is 4.79 Å². The van der Waals surface area contributed by atoms with Crippen LogP contribution in [0.25, 0.3) is 33.3 Å². The average Bonchev–Trinajstić information content (AvgIpc) is 1.72. The van der Waals surface area contributed by atoms with Gasteiger partial charge in [0.1, 0.15) is 79.7 Å². The standard InChI is InChI=1S/C15H16N2O.C14H14N2O.C13H22N2S.C11H18N2O2.C11H18N2OS.C9H13NOS/c1-10-5-6-12-13(7-10)18-14(17-12)11(9-16)8-15(2,3)4;1-14(2,3)8-10(9-15)13-16-11-6-4-5-7-12(11)17-13;1-12(2,3)7-10(8-14)11(16)15-9-13(4,5)6;1-11(2,3)7-9(8-12)10(14)13-5-6-15-4;1-11(2,3)7-9(8-12)10(15)13-5-6-14-4;1-9(2,3)5-7(6-10)8(12)11-4/h5-8H,1-4H3;4-8H,1-3H3;7H,9H2,1-6H3,(H,15,16);7H,5-6H2,1-4H3,(H,13,14);7H,5-6H2,1-4H3,(H,13,15);5H,1-4H3/b11-8+;10-8+;10-7+;2*9-7+;7-5+. The lowest BCUT2D eigenvalue weighted by Crippen LogP contribution is -2.32. The molecule has 2 aromatic carbocycles. The van der Waals surface area contributed by atoms with Gasteiger partial charge in [-0.25, -0.2) is 9.97 Å². The second-order valence-electron chi connectivity index (χ2n) is 28.9. The molecule has 3 N–H and O–H groups in total. The Labute approximate surface area is 572 Å². The number of carbonyl (C=O) groups is 1. The molecular weight excluding hydrogens is 1220 g/mol. The maximum Gasteiger partial charge on any atom is 0.261 e. The number of hydrogen-bond donors (Lipinski definition) is 3. The van der Waals surface area contributed by atoms with Gasteiger partial charge in [-0.05, 0) is 86.9 Å². The molecule has 1 amide bonds. The Morgan fingerprint density at radius 3 is 1.22 bits per heavy atom. The molecule has 0 atom stereocenters. The molecular formula is C73H101N11O6S3. The van der Waals surface area contributed by atoms with Crippen molar-refractivity contribution >= 4 is 90.9 Å². The van der Waals surface area contributed by atoms with Gasteiger partial charge in [-0.15, -0.1) is 0 Å². The molecule has 0 saturated heterocycles. The highest BCUT2D eigenvalue weighted by atomic mass is 32.1. The van der Waals surface area contributed by atoms with E-state index in [1.807, 2.05) is 190 Å². The minimum Gasteiger partial charge on any atom is -0.486 e. The molecule has 0 spiro atoms. The van der Waals surface area contributed by atoms with E-state index in [1.54, 1.807) is 26.4 Å². The summed E-state index contributed by atoms with van der Waals surface area (Å²) in [4.78, 5) is 21.2. The van der Waals surface area contributed by atoms with Crippen LogP contribution < -0.4 is 16.0 Å². The molecule has 93 heavy (non-hydrogen) atoms. The number of rotatable bonds is 13. The van der Waals surface area contributed by atoms with Crippen molar-refractivity contribution in [2.75, 3.05) is 54.2 Å². The Hall–Kier alpha value is -8.18. The third-order valence-electron chi connectivity index (χ3n) is 10.6. The zero-order valence-corrected chi connectivity index (χ0v) is 62.2. The molecule has 0 fully saturated rings. The summed E-state index contributed by atoms with van der Waals surface area (Å²) in [5, 5.41) is 62.8. The number of para-hydroxylation sites is 2. The van der Waals surface area contributed by atoms with Crippen LogP contribution in [-0.2, 0) is 19.0 Å². The maximum absolute atomic E-state index is 11.5. The van der Waals surface area contributed by atoms with Crippen LogP contribution in [0.4, 0.5) is 0 Å². The summed E-state index contributed by atoms with van der Waals surface area (Å²) in [6.45, 7) is 47.5. The van der Waals surface area contributed by atoms with Gasteiger partial charge in [0.25, 0.3) is 5.91 Å². The van der Waals surface area contributed by atoms with Crippen LogP contribution in [0.2, 0.25) is 0 Å². The SMILES string of the molecule is CC(C)(C)/C=C(\C#N)C(=S)NCC(C)(C)C.CC(C)(C)/C=C(\C#N)c1nc2ccccc2o1.COC(=S)/C(C#N)=C/C(C)(C)C.COCCNC(=O)/C(C#N)=C/C(C)(C)C.COCCNC(=S)/C(C#N)=C/C(C)(C)C.Cc1ccc2nc(/C(C#N)=C/C(C)(C)C)oc2c1. The van der Waals surface area contributed by atoms with Gasteiger partial charge >= 0.3 is 0 Å². The van der Waals surface area contributed by atoms with Gasteiger partial charge in [0.15, 0.2) is 11.2 Å². The second-order valence-corrected chi connectivity index (χ2v) is 30.1. The first kappa shape index (κ1) is 86.9. The number of nitriles is 6. The van der Waals surface area contributed by atoms with Crippen LogP contribution in [0, 0.1) is 113 Å². The number of nitrogens with one attached hydrogen (secondary N) is 3. The summed E-state index contributed by atoms with van der Waals surface area (Å²) in [6.07, 6.45) is 11.0. The largest absolute Gasteiger partial charge is 0.486 e. The highest BCUT2D eigenvalue weighted by Crippen LogP contribution is 2.28. The number of nitrogens with zero attached hydrogens (tertiary/aromatic N) is 8. The summed E-state index contributed by atoms with van der Waals surface area (Å²) in [6, 6.07) is 25.8. The van der Waals surface area contributed by atoms with E-state index in [0.717, 1.165) is 28.7 Å². The summed E-state index contributed by atoms with van der Waals surface area (Å²) in [5.41, 5.74) is 6.43. The minimum atomic E-state index is -0.343. The van der Waals surface area contributed by atoms with Crippen LogP contribution >= 0.6 is 36.7 Å². The molecule has 0 radical (unpaired) electrons. The van der Waals surface area contributed by atoms with E-state index in [2.05, 4.69) is 91.7 Å². The van der Waals surface area contributed by atoms with E-state index in [-0.39, 0.29) is 54.4 Å². The molecule has 0 aliphatic carbocycles. The van der Waals surface area contributed by atoms with E-state index in [9.17, 15) is 10.1 Å². The quantitative estimate of drug-likeness (QED) is 0.0485. The number of aryl methyl sites for hydroxylation is 1. The molecule has 2 aromatic heterocycles. The number of methoxy groups -OCH3 is 3. The lowest BCUT2D eigenvalue weighted by atomic mass is 9.93. The predicted octanol–water partition coefficient (Wildman–Crippen LogP) is 17.1. The first-order valence-corrected chi connectivity index (χ1v) is 31.3. The molecule has 2 heterocycles. The third-order valence-corrected chi connectivity index (χ3v) is 11.7. The van der Waals surface area contributed by atoms with Crippen molar-refractivity contribution in [3.8, 4) is 36.4 Å². The zero-order chi connectivity index (χ0) is 72.4. The molecule has 0 bridgehead atoms. The van der Waals surface area contributed by atoms with E-state index in [4.69, 9.17) is 86.0 Å². The molecule has 502 valence electrons. The molecule has 0 aliphatic heterocycles. The Morgan fingerprint density at radius 2 is 0.849 bits per heavy atom. The molecule has 0 unspecified atom stereocenters. The van der Waals surface area contributed by atoms with Crippen molar-refractivity contribution in [3.05, 3.63) is 119 Å². The average molecular weight is 1320 g/mol. The van der Waals surface area contributed by atoms with Crippen LogP contribution in [0.15, 0.2) is 110 Å². The highest BCUT2D eigenvalue weighted by molar-refractivity contribution is 7.81. The second kappa shape index (κ2) is 40.7. The Balaban J connectivity index is 0. The smallest absolute Gasteiger partial charge is 0.261 e. The van der Waals surface area contributed by atoms with Gasteiger partial charge in [0.05, 0.1) is 31.5 Å². The number of hydrogen-bond acceptors (Lipinski definition) is 17. The lowest BCUT2D eigenvalue weighted by Gasteiger charge is -2.20. The summed E-state index contributed by atoms with van der Waals surface area (Å²) >= 11 is 15.1. The van der Waals surface area contributed by atoms with E-state index in [0.29, 0.717) is 81.5 Å². The molecule has 0 aliphatic rings. The van der Waals surface area contributed by atoms with Crippen molar-refractivity contribution in [2.45, 2.75) is 152 Å². The minimum absolute atomic E-state index is 0.0292. The Morgan fingerprint density at radius 1 is 0.484 bits per heavy atom. The van der Waals surface area contributed by atoms with E-state index < -0.39 is 0 Å². The number of aromatic nitrogens is 2. The molecule has 0 saturated carbocycles. The fourth-order valence-corrected chi connectivity index (χ4v) is 7.36. The van der Waals surface area contributed by atoms with E-state index >= 15 is 0 Å². The first-order valence-electron chi connectivity index (χ1n) is 30.1. The van der Waals surface area contributed by atoms with Gasteiger partial charge in [0, 0.05) is 33.9 Å². The zero-order valence-electron chi connectivity index (χ0n) is 59.8. The normalized spacial score (nSPS) is 12.5. The van der Waals surface area contributed by atoms with Crippen molar-refractivity contribution in [1.82, 2.24) is 25.9 Å². The fraction of sp³-hybridized carbons (Fsp3) is 0.507. The Bertz CT molecular complexity index is 3490. The van der Waals surface area contributed by atoms with Gasteiger partial charge in [-0.2, -0.15) is 31.6 Å². The summed E-state index contributed by atoms with van der Waals surface area (Å²) in [7, 11) is 4.65. The van der Waals surface area contributed by atoms with Crippen LogP contribution in [0.3, 0.4) is 0 Å². The number of amides is 1. The highest BCUT2D eigenvalue weighted by Gasteiger charge is 2.20. The number of thiocarbonyl (C=S) groups is 3.